The average Bonchev–Trinajstić information content (AvgIpc) is 2.32. The maximum atomic E-state index is 5.68. The van der Waals surface area contributed by atoms with E-state index in [0.717, 1.165) is 22.0 Å². The van der Waals surface area contributed by atoms with Crippen LogP contribution < -0.4 is 0 Å². The number of hydrogen-bond acceptors (Lipinski definition) is 2. The Balaban J connectivity index is 2.77. The smallest absolute Gasteiger partial charge is 0.0943 e. The van der Waals surface area contributed by atoms with E-state index in [0.29, 0.717) is 11.8 Å². The Labute approximate surface area is 80.4 Å². The van der Waals surface area contributed by atoms with Crippen molar-refractivity contribution in [2.45, 2.75) is 19.2 Å². The quantitative estimate of drug-likeness (QED) is 0.699. The first-order valence-corrected chi connectivity index (χ1v) is 5.23. The number of thiazole rings is 1. The van der Waals surface area contributed by atoms with E-state index in [1.165, 1.54) is 0 Å². The summed E-state index contributed by atoms with van der Waals surface area (Å²) < 4.78 is 0. The molecule has 0 amide bonds. The molecule has 62 valence electrons. The second-order valence-electron chi connectivity index (χ2n) is 2.19. The molecule has 1 aromatic heterocycles. The molecule has 0 aliphatic heterocycles. The summed E-state index contributed by atoms with van der Waals surface area (Å²) in [6.07, 6.45) is 0.851. The Hall–Kier alpha value is 0.210. The van der Waals surface area contributed by atoms with Crippen LogP contribution in [-0.4, -0.2) is 10.9 Å². The molecule has 0 saturated heterocycles. The lowest BCUT2D eigenvalue weighted by molar-refractivity contribution is 1.07. The molecule has 4 heteroatoms. The van der Waals surface area contributed by atoms with Gasteiger partial charge in [0.1, 0.15) is 0 Å². The zero-order valence-electron chi connectivity index (χ0n) is 6.23. The van der Waals surface area contributed by atoms with Gasteiger partial charge >= 0.3 is 0 Å². The molecule has 0 unspecified atom stereocenters. The van der Waals surface area contributed by atoms with Crippen molar-refractivity contribution in [2.75, 3.05) is 5.88 Å². The molecular formula is C7H9Cl2NS. The molecule has 1 aromatic rings. The highest BCUT2D eigenvalue weighted by atomic mass is 35.5. The van der Waals surface area contributed by atoms with Crippen molar-refractivity contribution in [2.24, 2.45) is 0 Å². The topological polar surface area (TPSA) is 12.9 Å². The van der Waals surface area contributed by atoms with Gasteiger partial charge in [-0.05, 0) is 6.92 Å². The van der Waals surface area contributed by atoms with Crippen LogP contribution >= 0.6 is 34.5 Å². The minimum Gasteiger partial charge on any atom is -0.246 e. The molecule has 0 radical (unpaired) electrons. The van der Waals surface area contributed by atoms with E-state index in [4.69, 9.17) is 23.2 Å². The van der Waals surface area contributed by atoms with Crippen LogP contribution in [0.2, 0.25) is 0 Å². The third-order valence-corrected chi connectivity index (χ3v) is 3.20. The van der Waals surface area contributed by atoms with Crippen molar-refractivity contribution < 1.29 is 0 Å². The van der Waals surface area contributed by atoms with Gasteiger partial charge in [-0.15, -0.1) is 34.5 Å². The van der Waals surface area contributed by atoms with Gasteiger partial charge in [-0.25, -0.2) is 4.98 Å². The van der Waals surface area contributed by atoms with Crippen molar-refractivity contribution in [3.63, 3.8) is 0 Å². The zero-order valence-corrected chi connectivity index (χ0v) is 8.56. The molecule has 0 aromatic carbocycles. The molecule has 0 aliphatic carbocycles. The number of rotatable bonds is 3. The predicted octanol–water partition coefficient (Wildman–Crippen LogP) is 2.97. The fourth-order valence-electron chi connectivity index (χ4n) is 0.800. The summed E-state index contributed by atoms with van der Waals surface area (Å²) in [7, 11) is 0. The summed E-state index contributed by atoms with van der Waals surface area (Å²) in [5.41, 5.74) is 1.05. The SMILES string of the molecule is Cc1nc(CCCl)sc1CCl. The summed E-state index contributed by atoms with van der Waals surface area (Å²) in [4.78, 5) is 5.48. The Bertz CT molecular complexity index is 234. The first-order valence-electron chi connectivity index (χ1n) is 3.35. The number of aromatic nitrogens is 1. The van der Waals surface area contributed by atoms with Crippen LogP contribution in [0.25, 0.3) is 0 Å². The molecule has 0 bridgehead atoms. The largest absolute Gasteiger partial charge is 0.246 e. The summed E-state index contributed by atoms with van der Waals surface area (Å²) >= 11 is 12.9. The first-order chi connectivity index (χ1) is 5.27. The fraction of sp³-hybridized carbons (Fsp3) is 0.571. The van der Waals surface area contributed by atoms with E-state index in [9.17, 15) is 0 Å². The van der Waals surface area contributed by atoms with Crippen molar-refractivity contribution in [3.05, 3.63) is 15.6 Å². The fourth-order valence-corrected chi connectivity index (χ4v) is 2.37. The van der Waals surface area contributed by atoms with E-state index in [-0.39, 0.29) is 0 Å². The third kappa shape index (κ3) is 2.32. The first kappa shape index (κ1) is 9.30. The van der Waals surface area contributed by atoms with Gasteiger partial charge < -0.3 is 0 Å². The number of aryl methyl sites for hydroxylation is 2. The second kappa shape index (κ2) is 4.29. The molecule has 1 nitrogen and oxygen atoms in total. The van der Waals surface area contributed by atoms with Crippen molar-refractivity contribution in [3.8, 4) is 0 Å². The van der Waals surface area contributed by atoms with Crippen molar-refractivity contribution in [1.29, 1.82) is 0 Å². The second-order valence-corrected chi connectivity index (χ2v) is 4.00. The van der Waals surface area contributed by atoms with Crippen molar-refractivity contribution >= 4 is 34.5 Å². The van der Waals surface area contributed by atoms with Crippen LogP contribution in [0.1, 0.15) is 15.6 Å². The Morgan fingerprint density at radius 3 is 2.64 bits per heavy atom. The Morgan fingerprint density at radius 2 is 2.18 bits per heavy atom. The van der Waals surface area contributed by atoms with Gasteiger partial charge in [0.25, 0.3) is 0 Å². The van der Waals surface area contributed by atoms with Crippen molar-refractivity contribution in [1.82, 2.24) is 4.98 Å². The van der Waals surface area contributed by atoms with E-state index >= 15 is 0 Å². The summed E-state index contributed by atoms with van der Waals surface area (Å²) in [5, 5.41) is 1.09. The third-order valence-electron chi connectivity index (χ3n) is 1.37. The lowest BCUT2D eigenvalue weighted by Gasteiger charge is -1.84. The molecule has 1 heterocycles. The molecule has 0 N–H and O–H groups in total. The van der Waals surface area contributed by atoms with Crippen LogP contribution in [0.15, 0.2) is 0 Å². The standard InChI is InChI=1S/C7H9Cl2NS/c1-5-6(4-9)11-7(10-5)2-3-8/h2-4H2,1H3. The van der Waals surface area contributed by atoms with E-state index < -0.39 is 0 Å². The minimum atomic E-state index is 0.561. The molecule has 0 saturated carbocycles. The molecule has 1 rings (SSSR count). The van der Waals surface area contributed by atoms with Gasteiger partial charge in [0.05, 0.1) is 16.6 Å². The van der Waals surface area contributed by atoms with E-state index in [1.54, 1.807) is 11.3 Å². The number of nitrogens with zero attached hydrogens (tertiary/aromatic N) is 1. The highest BCUT2D eigenvalue weighted by Crippen LogP contribution is 2.20. The molecule has 11 heavy (non-hydrogen) atoms. The van der Waals surface area contributed by atoms with Crippen LogP contribution in [0, 0.1) is 6.92 Å². The maximum absolute atomic E-state index is 5.68. The number of hydrogen-bond donors (Lipinski definition) is 0. The van der Waals surface area contributed by atoms with Gasteiger partial charge in [-0.1, -0.05) is 0 Å². The summed E-state index contributed by atoms with van der Waals surface area (Å²) in [6, 6.07) is 0. The Morgan fingerprint density at radius 1 is 1.45 bits per heavy atom. The van der Waals surface area contributed by atoms with Crippen LogP contribution in [0.4, 0.5) is 0 Å². The molecule has 0 spiro atoms. The van der Waals surface area contributed by atoms with E-state index in [2.05, 4.69) is 4.98 Å². The molecule has 0 aliphatic rings. The number of halogens is 2. The maximum Gasteiger partial charge on any atom is 0.0943 e. The molecular weight excluding hydrogens is 201 g/mol. The average molecular weight is 210 g/mol. The minimum absolute atomic E-state index is 0.561. The van der Waals surface area contributed by atoms with Gasteiger partial charge in [0.2, 0.25) is 0 Å². The summed E-state index contributed by atoms with van der Waals surface area (Å²) in [5.74, 6) is 1.19. The lowest BCUT2D eigenvalue weighted by atomic mass is 10.4. The normalized spacial score (nSPS) is 10.5. The highest BCUT2D eigenvalue weighted by Gasteiger charge is 2.04. The van der Waals surface area contributed by atoms with Crippen LogP contribution in [0.5, 0.6) is 0 Å². The predicted molar refractivity (Wildman–Crippen MR) is 50.8 cm³/mol. The van der Waals surface area contributed by atoms with Crippen LogP contribution in [0.3, 0.4) is 0 Å². The van der Waals surface area contributed by atoms with Crippen LogP contribution in [-0.2, 0) is 12.3 Å². The highest BCUT2D eigenvalue weighted by molar-refractivity contribution is 7.12. The number of alkyl halides is 2. The van der Waals surface area contributed by atoms with E-state index in [1.807, 2.05) is 6.92 Å². The lowest BCUT2D eigenvalue weighted by Crippen LogP contribution is -1.83. The monoisotopic (exact) mass is 209 g/mol. The summed E-state index contributed by atoms with van der Waals surface area (Å²) in [6.45, 7) is 1.98. The van der Waals surface area contributed by atoms with Gasteiger partial charge in [0.15, 0.2) is 0 Å². The molecule has 0 fully saturated rings. The van der Waals surface area contributed by atoms with Gasteiger partial charge in [0, 0.05) is 17.2 Å². The molecule has 0 atom stereocenters. The Kier molecular flexibility index (Phi) is 3.63. The zero-order chi connectivity index (χ0) is 8.27. The van der Waals surface area contributed by atoms with Gasteiger partial charge in [-0.2, -0.15) is 0 Å². The van der Waals surface area contributed by atoms with Gasteiger partial charge in [-0.3, -0.25) is 0 Å².